The van der Waals surface area contributed by atoms with Crippen molar-refractivity contribution in [3.63, 3.8) is 0 Å². The van der Waals surface area contributed by atoms with Gasteiger partial charge in [0.25, 0.3) is 0 Å². The zero-order chi connectivity index (χ0) is 19.5. The molecule has 0 fully saturated rings. The Morgan fingerprint density at radius 3 is 2.61 bits per heavy atom. The Hall–Kier alpha value is -3.32. The summed E-state index contributed by atoms with van der Waals surface area (Å²) < 4.78 is 11.5. The number of benzene rings is 2. The topological polar surface area (TPSA) is 85.0 Å². The molecule has 2 N–H and O–H groups in total. The van der Waals surface area contributed by atoms with Gasteiger partial charge in [0.05, 0.1) is 12.6 Å². The monoisotopic (exact) mass is 395 g/mol. The fraction of sp³-hybridized carbons (Fsp3) is 0.150. The summed E-state index contributed by atoms with van der Waals surface area (Å²) in [5, 5.41) is 11.1. The average Bonchev–Trinajstić information content (AvgIpc) is 3.11. The van der Waals surface area contributed by atoms with Crippen LogP contribution in [0.15, 0.2) is 48.5 Å². The molecule has 0 saturated carbocycles. The van der Waals surface area contributed by atoms with Gasteiger partial charge in [-0.1, -0.05) is 30.3 Å². The van der Waals surface area contributed by atoms with Gasteiger partial charge in [-0.15, -0.1) is 0 Å². The smallest absolute Gasteiger partial charge is 0.224 e. The molecule has 0 spiro atoms. The first-order chi connectivity index (χ1) is 13.6. The standard InChI is InChI=1S/C20H18ClN5O2/c1-12-8-18(26-25-12)23-19-14-9-16(27-2)17(10-15(14)22-20(21)24-19)28-11-13-6-4-3-5-7-13/h3-10H,11H2,1-2H3,(H2,22,23,24,25,26). The first-order valence-corrected chi connectivity index (χ1v) is 9.01. The van der Waals surface area contributed by atoms with Gasteiger partial charge >= 0.3 is 0 Å². The van der Waals surface area contributed by atoms with Crippen LogP contribution in [0.1, 0.15) is 11.3 Å². The minimum Gasteiger partial charge on any atom is -0.493 e. The van der Waals surface area contributed by atoms with E-state index in [9.17, 15) is 0 Å². The molecule has 0 radical (unpaired) electrons. The SMILES string of the molecule is COc1cc2c(Nc3cc(C)[nH]n3)nc(Cl)nc2cc1OCc1ccccc1. The Balaban J connectivity index is 1.70. The van der Waals surface area contributed by atoms with Crippen molar-refractivity contribution in [2.24, 2.45) is 0 Å². The Labute approximate surface area is 166 Å². The van der Waals surface area contributed by atoms with Crippen LogP contribution >= 0.6 is 11.6 Å². The van der Waals surface area contributed by atoms with Crippen LogP contribution in [0.4, 0.5) is 11.6 Å². The number of anilines is 2. The molecule has 2 heterocycles. The number of aryl methyl sites for hydroxylation is 1. The Bertz CT molecular complexity index is 1110. The van der Waals surface area contributed by atoms with Gasteiger partial charge in [-0.05, 0) is 30.2 Å². The first kappa shape index (κ1) is 18.1. The molecule has 2 aromatic carbocycles. The zero-order valence-corrected chi connectivity index (χ0v) is 16.1. The minimum absolute atomic E-state index is 0.126. The van der Waals surface area contributed by atoms with Crippen molar-refractivity contribution in [2.75, 3.05) is 12.4 Å². The number of rotatable bonds is 6. The normalized spacial score (nSPS) is 10.8. The molecule has 28 heavy (non-hydrogen) atoms. The fourth-order valence-corrected chi connectivity index (χ4v) is 2.99. The van der Waals surface area contributed by atoms with Crippen molar-refractivity contribution in [2.45, 2.75) is 13.5 Å². The van der Waals surface area contributed by atoms with E-state index in [1.54, 1.807) is 13.2 Å². The van der Waals surface area contributed by atoms with E-state index in [0.717, 1.165) is 16.6 Å². The quantitative estimate of drug-likeness (QED) is 0.462. The number of hydrogen-bond donors (Lipinski definition) is 2. The number of nitrogens with one attached hydrogen (secondary N) is 2. The number of nitrogens with zero attached hydrogens (tertiary/aromatic N) is 3. The molecule has 142 valence electrons. The van der Waals surface area contributed by atoms with Crippen molar-refractivity contribution in [1.29, 1.82) is 0 Å². The molecule has 0 atom stereocenters. The summed E-state index contributed by atoms with van der Waals surface area (Å²) >= 11 is 6.13. The maximum atomic E-state index is 6.13. The summed E-state index contributed by atoms with van der Waals surface area (Å²) in [6.07, 6.45) is 0. The van der Waals surface area contributed by atoms with Gasteiger partial charge in [0.2, 0.25) is 5.28 Å². The van der Waals surface area contributed by atoms with Crippen molar-refractivity contribution < 1.29 is 9.47 Å². The molecule has 0 unspecified atom stereocenters. The molecule has 7 nitrogen and oxygen atoms in total. The second-order valence-corrected chi connectivity index (χ2v) is 6.53. The number of hydrogen-bond acceptors (Lipinski definition) is 6. The highest BCUT2D eigenvalue weighted by molar-refractivity contribution is 6.28. The lowest BCUT2D eigenvalue weighted by Gasteiger charge is -2.13. The number of aromatic nitrogens is 4. The molecule has 0 aliphatic heterocycles. The Kier molecular flexibility index (Phi) is 4.99. The van der Waals surface area contributed by atoms with Crippen LogP contribution < -0.4 is 14.8 Å². The molecular formula is C20H18ClN5O2. The minimum atomic E-state index is 0.126. The summed E-state index contributed by atoms with van der Waals surface area (Å²) in [4.78, 5) is 8.62. The highest BCUT2D eigenvalue weighted by atomic mass is 35.5. The van der Waals surface area contributed by atoms with Crippen LogP contribution in [0, 0.1) is 6.92 Å². The summed E-state index contributed by atoms with van der Waals surface area (Å²) in [7, 11) is 1.59. The van der Waals surface area contributed by atoms with Crippen molar-refractivity contribution in [1.82, 2.24) is 20.2 Å². The van der Waals surface area contributed by atoms with Gasteiger partial charge in [0.1, 0.15) is 12.4 Å². The van der Waals surface area contributed by atoms with Crippen LogP contribution in [-0.2, 0) is 6.61 Å². The van der Waals surface area contributed by atoms with E-state index < -0.39 is 0 Å². The lowest BCUT2D eigenvalue weighted by Crippen LogP contribution is -2.01. The van der Waals surface area contributed by atoms with Gasteiger partial charge in [-0.2, -0.15) is 10.1 Å². The van der Waals surface area contributed by atoms with Crippen LogP contribution in [0.25, 0.3) is 10.9 Å². The van der Waals surface area contributed by atoms with Crippen LogP contribution in [0.5, 0.6) is 11.5 Å². The maximum Gasteiger partial charge on any atom is 0.224 e. The lowest BCUT2D eigenvalue weighted by atomic mass is 10.2. The lowest BCUT2D eigenvalue weighted by molar-refractivity contribution is 0.285. The van der Waals surface area contributed by atoms with E-state index in [4.69, 9.17) is 21.1 Å². The van der Waals surface area contributed by atoms with Gasteiger partial charge in [-0.3, -0.25) is 5.10 Å². The van der Waals surface area contributed by atoms with E-state index in [1.807, 2.05) is 49.4 Å². The molecule has 4 rings (SSSR count). The molecule has 0 aliphatic rings. The van der Waals surface area contributed by atoms with E-state index in [-0.39, 0.29) is 5.28 Å². The van der Waals surface area contributed by atoms with Crippen LogP contribution in [0.2, 0.25) is 5.28 Å². The summed E-state index contributed by atoms with van der Waals surface area (Å²) in [6, 6.07) is 15.4. The molecular weight excluding hydrogens is 378 g/mol. The second-order valence-electron chi connectivity index (χ2n) is 6.20. The van der Waals surface area contributed by atoms with Gasteiger partial charge in [0.15, 0.2) is 17.3 Å². The van der Waals surface area contributed by atoms with Crippen molar-refractivity contribution in [3.05, 3.63) is 65.1 Å². The fourth-order valence-electron chi connectivity index (χ4n) is 2.81. The number of halogens is 1. The number of aromatic amines is 1. The van der Waals surface area contributed by atoms with Crippen molar-refractivity contribution in [3.8, 4) is 11.5 Å². The molecule has 4 aromatic rings. The molecule has 0 bridgehead atoms. The zero-order valence-electron chi connectivity index (χ0n) is 15.4. The highest BCUT2D eigenvalue weighted by Gasteiger charge is 2.14. The van der Waals surface area contributed by atoms with Crippen LogP contribution in [0.3, 0.4) is 0 Å². The average molecular weight is 396 g/mol. The van der Waals surface area contributed by atoms with E-state index >= 15 is 0 Å². The maximum absolute atomic E-state index is 6.13. The molecule has 2 aromatic heterocycles. The largest absolute Gasteiger partial charge is 0.493 e. The summed E-state index contributed by atoms with van der Waals surface area (Å²) in [5.74, 6) is 2.33. The first-order valence-electron chi connectivity index (χ1n) is 8.63. The third kappa shape index (κ3) is 3.84. The molecule has 0 aliphatic carbocycles. The molecule has 0 saturated heterocycles. The number of fused-ring (bicyclic) bond motifs is 1. The van der Waals surface area contributed by atoms with E-state index in [2.05, 4.69) is 25.5 Å². The second kappa shape index (κ2) is 7.74. The molecule has 0 amide bonds. The Morgan fingerprint density at radius 2 is 1.89 bits per heavy atom. The highest BCUT2D eigenvalue weighted by Crippen LogP contribution is 2.36. The van der Waals surface area contributed by atoms with Gasteiger partial charge < -0.3 is 14.8 Å². The van der Waals surface area contributed by atoms with Gasteiger partial charge in [-0.25, -0.2) is 4.98 Å². The van der Waals surface area contributed by atoms with Crippen LogP contribution in [-0.4, -0.2) is 27.3 Å². The Morgan fingerprint density at radius 1 is 1.07 bits per heavy atom. The number of H-pyrrole nitrogens is 1. The predicted molar refractivity (Wildman–Crippen MR) is 108 cm³/mol. The van der Waals surface area contributed by atoms with Crippen molar-refractivity contribution >= 4 is 34.1 Å². The third-order valence-corrected chi connectivity index (χ3v) is 4.31. The number of ether oxygens (including phenoxy) is 2. The third-order valence-electron chi connectivity index (χ3n) is 4.14. The summed E-state index contributed by atoms with van der Waals surface area (Å²) in [5.41, 5.74) is 2.63. The van der Waals surface area contributed by atoms with E-state index in [0.29, 0.717) is 35.3 Å². The van der Waals surface area contributed by atoms with Gasteiger partial charge in [0, 0.05) is 23.2 Å². The summed E-state index contributed by atoms with van der Waals surface area (Å²) in [6.45, 7) is 2.34. The number of methoxy groups -OCH3 is 1. The van der Waals surface area contributed by atoms with E-state index in [1.165, 1.54) is 0 Å². The molecule has 8 heteroatoms. The predicted octanol–water partition coefficient (Wildman–Crippen LogP) is 4.65.